The number of benzene rings is 1. The van der Waals surface area contributed by atoms with E-state index in [0.717, 1.165) is 23.1 Å². The van der Waals surface area contributed by atoms with Crippen LogP contribution in [0.3, 0.4) is 0 Å². The van der Waals surface area contributed by atoms with Gasteiger partial charge in [-0.25, -0.2) is 8.78 Å². The molecule has 0 aliphatic heterocycles. The van der Waals surface area contributed by atoms with E-state index >= 15 is 0 Å². The van der Waals surface area contributed by atoms with E-state index in [1.54, 1.807) is 24.3 Å². The van der Waals surface area contributed by atoms with Gasteiger partial charge >= 0.3 is 0 Å². The van der Waals surface area contributed by atoms with E-state index in [1.807, 2.05) is 18.5 Å². The van der Waals surface area contributed by atoms with Crippen LogP contribution in [0.5, 0.6) is 0 Å². The highest BCUT2D eigenvalue weighted by Crippen LogP contribution is 2.29. The van der Waals surface area contributed by atoms with Crippen molar-refractivity contribution in [2.45, 2.75) is 13.5 Å². The molecule has 0 aliphatic rings. The van der Waals surface area contributed by atoms with Gasteiger partial charge < -0.3 is 5.32 Å². The molecule has 0 spiro atoms. The molecule has 1 N–H and O–H groups in total. The lowest BCUT2D eigenvalue weighted by Crippen LogP contribution is -2.02. The van der Waals surface area contributed by atoms with E-state index in [9.17, 15) is 8.78 Å². The average molecular weight is 253 g/mol. The standard InChI is InChI=1S/C13H13F2NS/c1-8-3-11(13(15)5-12(8)14)9-4-10(6-16-2)17-7-9/h3-5,7,16H,6H2,1-2H3. The minimum Gasteiger partial charge on any atom is -0.315 e. The molecule has 4 heteroatoms. The highest BCUT2D eigenvalue weighted by Gasteiger charge is 2.10. The lowest BCUT2D eigenvalue weighted by Gasteiger charge is -2.03. The Bertz CT molecular complexity index is 534. The van der Waals surface area contributed by atoms with Crippen molar-refractivity contribution >= 4 is 11.3 Å². The first-order chi connectivity index (χ1) is 8.11. The summed E-state index contributed by atoms with van der Waals surface area (Å²) in [6, 6.07) is 4.42. The van der Waals surface area contributed by atoms with Crippen LogP contribution in [0.15, 0.2) is 23.6 Å². The molecule has 17 heavy (non-hydrogen) atoms. The van der Waals surface area contributed by atoms with Crippen molar-refractivity contribution in [1.82, 2.24) is 5.32 Å². The van der Waals surface area contributed by atoms with Crippen molar-refractivity contribution in [3.63, 3.8) is 0 Å². The van der Waals surface area contributed by atoms with Gasteiger partial charge in [-0.3, -0.25) is 0 Å². The molecule has 1 aromatic carbocycles. The predicted molar refractivity (Wildman–Crippen MR) is 67.2 cm³/mol. The third kappa shape index (κ3) is 2.53. The molecule has 0 bridgehead atoms. The maximum atomic E-state index is 13.7. The zero-order valence-electron chi connectivity index (χ0n) is 9.68. The number of rotatable bonds is 3. The maximum Gasteiger partial charge on any atom is 0.133 e. The monoisotopic (exact) mass is 253 g/mol. The summed E-state index contributed by atoms with van der Waals surface area (Å²) in [4.78, 5) is 1.13. The molecule has 0 atom stereocenters. The maximum absolute atomic E-state index is 13.7. The van der Waals surface area contributed by atoms with E-state index in [0.29, 0.717) is 11.1 Å². The van der Waals surface area contributed by atoms with Crippen LogP contribution in [-0.4, -0.2) is 7.05 Å². The second-order valence-corrected chi connectivity index (χ2v) is 4.91. The Morgan fingerprint density at radius 2 is 1.94 bits per heavy atom. The lowest BCUT2D eigenvalue weighted by atomic mass is 10.0. The normalized spacial score (nSPS) is 10.8. The van der Waals surface area contributed by atoms with Gasteiger partial charge in [0.1, 0.15) is 11.6 Å². The Morgan fingerprint density at radius 1 is 1.18 bits per heavy atom. The van der Waals surface area contributed by atoms with Gasteiger partial charge in [0.2, 0.25) is 0 Å². The zero-order valence-corrected chi connectivity index (χ0v) is 10.5. The molecular formula is C13H13F2NS. The van der Waals surface area contributed by atoms with Crippen molar-refractivity contribution in [1.29, 1.82) is 0 Å². The molecule has 90 valence electrons. The Balaban J connectivity index is 2.41. The second-order valence-electron chi connectivity index (χ2n) is 3.91. The van der Waals surface area contributed by atoms with E-state index < -0.39 is 11.6 Å². The summed E-state index contributed by atoms with van der Waals surface area (Å²) in [7, 11) is 1.86. The minimum atomic E-state index is -0.512. The van der Waals surface area contributed by atoms with E-state index in [2.05, 4.69) is 5.32 Å². The number of hydrogen-bond donors (Lipinski definition) is 1. The molecule has 0 saturated carbocycles. The largest absolute Gasteiger partial charge is 0.315 e. The Kier molecular flexibility index (Phi) is 3.54. The van der Waals surface area contributed by atoms with Crippen LogP contribution in [-0.2, 0) is 6.54 Å². The molecule has 0 aliphatic carbocycles. The molecule has 0 saturated heterocycles. The van der Waals surface area contributed by atoms with Gasteiger partial charge in [-0.05, 0) is 42.6 Å². The van der Waals surface area contributed by atoms with Crippen molar-refractivity contribution in [3.8, 4) is 11.1 Å². The molecule has 0 radical (unpaired) electrons. The molecule has 2 aromatic rings. The summed E-state index contributed by atoms with van der Waals surface area (Å²) in [6.45, 7) is 2.39. The van der Waals surface area contributed by atoms with Crippen LogP contribution in [0.25, 0.3) is 11.1 Å². The first kappa shape index (κ1) is 12.2. The fourth-order valence-corrected chi connectivity index (χ4v) is 2.56. The summed E-state index contributed by atoms with van der Waals surface area (Å²) in [5, 5.41) is 4.93. The number of hydrogen-bond acceptors (Lipinski definition) is 2. The van der Waals surface area contributed by atoms with E-state index in [1.165, 1.54) is 0 Å². The number of nitrogens with one attached hydrogen (secondary N) is 1. The number of aryl methyl sites for hydroxylation is 1. The molecule has 1 aromatic heterocycles. The van der Waals surface area contributed by atoms with Gasteiger partial charge in [0.05, 0.1) is 0 Å². The second kappa shape index (κ2) is 4.94. The molecular weight excluding hydrogens is 240 g/mol. The third-order valence-electron chi connectivity index (χ3n) is 2.56. The summed E-state index contributed by atoms with van der Waals surface area (Å²) < 4.78 is 26.8. The quantitative estimate of drug-likeness (QED) is 0.879. The first-order valence-corrected chi connectivity index (χ1v) is 6.18. The van der Waals surface area contributed by atoms with Crippen LogP contribution >= 0.6 is 11.3 Å². The van der Waals surface area contributed by atoms with Gasteiger partial charge in [-0.1, -0.05) is 0 Å². The highest BCUT2D eigenvalue weighted by molar-refractivity contribution is 7.10. The highest BCUT2D eigenvalue weighted by atomic mass is 32.1. The SMILES string of the molecule is CNCc1cc(-c2cc(C)c(F)cc2F)cs1. The third-order valence-corrected chi connectivity index (χ3v) is 3.50. The van der Waals surface area contributed by atoms with Crippen molar-refractivity contribution in [2.24, 2.45) is 0 Å². The molecule has 1 heterocycles. The molecule has 1 nitrogen and oxygen atoms in total. The Labute approximate surface area is 103 Å². The van der Waals surface area contributed by atoms with Gasteiger partial charge in [-0.15, -0.1) is 11.3 Å². The Morgan fingerprint density at radius 3 is 2.65 bits per heavy atom. The number of halogens is 2. The average Bonchev–Trinajstić information content (AvgIpc) is 2.72. The van der Waals surface area contributed by atoms with Crippen LogP contribution in [0.4, 0.5) is 8.78 Å². The van der Waals surface area contributed by atoms with Crippen molar-refractivity contribution in [2.75, 3.05) is 7.05 Å². The van der Waals surface area contributed by atoms with Gasteiger partial charge in [0.25, 0.3) is 0 Å². The lowest BCUT2D eigenvalue weighted by molar-refractivity contribution is 0.579. The smallest absolute Gasteiger partial charge is 0.133 e. The van der Waals surface area contributed by atoms with E-state index in [4.69, 9.17) is 0 Å². The topological polar surface area (TPSA) is 12.0 Å². The molecule has 0 unspecified atom stereocenters. The van der Waals surface area contributed by atoms with Crippen molar-refractivity contribution < 1.29 is 8.78 Å². The fourth-order valence-electron chi connectivity index (χ4n) is 1.67. The molecule has 0 amide bonds. The van der Waals surface area contributed by atoms with Gasteiger partial charge in [-0.2, -0.15) is 0 Å². The summed E-state index contributed by atoms with van der Waals surface area (Å²) in [5.74, 6) is -1.01. The Hall–Kier alpha value is -1.26. The fraction of sp³-hybridized carbons (Fsp3) is 0.231. The van der Waals surface area contributed by atoms with Crippen LogP contribution in [0.2, 0.25) is 0 Å². The van der Waals surface area contributed by atoms with Crippen LogP contribution in [0.1, 0.15) is 10.4 Å². The first-order valence-electron chi connectivity index (χ1n) is 5.30. The summed E-state index contributed by atoms with van der Waals surface area (Å²) in [6.07, 6.45) is 0. The van der Waals surface area contributed by atoms with Crippen LogP contribution < -0.4 is 5.32 Å². The predicted octanol–water partition coefficient (Wildman–Crippen LogP) is 3.72. The van der Waals surface area contributed by atoms with Crippen molar-refractivity contribution in [3.05, 3.63) is 45.7 Å². The van der Waals surface area contributed by atoms with Gasteiger partial charge in [0, 0.05) is 23.1 Å². The van der Waals surface area contributed by atoms with Crippen LogP contribution in [0, 0.1) is 18.6 Å². The molecule has 2 rings (SSSR count). The van der Waals surface area contributed by atoms with Gasteiger partial charge in [0.15, 0.2) is 0 Å². The zero-order chi connectivity index (χ0) is 12.4. The molecule has 0 fully saturated rings. The number of thiophene rings is 1. The summed E-state index contributed by atoms with van der Waals surface area (Å²) in [5.41, 5.74) is 1.73. The summed E-state index contributed by atoms with van der Waals surface area (Å²) >= 11 is 1.56. The van der Waals surface area contributed by atoms with E-state index in [-0.39, 0.29) is 0 Å². The minimum absolute atomic E-state index is 0.461.